The summed E-state index contributed by atoms with van der Waals surface area (Å²) >= 11 is 1.31. The number of carbonyl (C=O) groups is 1. The molecule has 0 bridgehead atoms. The summed E-state index contributed by atoms with van der Waals surface area (Å²) in [4.78, 5) is 19.1. The lowest BCUT2D eigenvalue weighted by molar-refractivity contribution is 0.0784. The first kappa shape index (κ1) is 15.1. The van der Waals surface area contributed by atoms with Gasteiger partial charge in [-0.05, 0) is 11.8 Å². The monoisotopic (exact) mass is 298 g/mol. The van der Waals surface area contributed by atoms with Gasteiger partial charge in [0.1, 0.15) is 10.7 Å². The van der Waals surface area contributed by atoms with E-state index in [2.05, 4.69) is 24.1 Å². The summed E-state index contributed by atoms with van der Waals surface area (Å²) < 4.78 is 4.96. The zero-order valence-electron chi connectivity index (χ0n) is 12.2. The summed E-state index contributed by atoms with van der Waals surface area (Å²) in [6, 6.07) is 0. The van der Waals surface area contributed by atoms with Crippen LogP contribution in [0.4, 0.5) is 10.9 Å². The SMILES string of the molecule is COCCNc1nc(N)c(C(=O)N2CCC(C)(C)C2)s1. The highest BCUT2D eigenvalue weighted by molar-refractivity contribution is 7.18. The number of hydrogen-bond acceptors (Lipinski definition) is 6. The second kappa shape index (κ2) is 5.97. The first-order valence-corrected chi connectivity index (χ1v) is 7.53. The van der Waals surface area contributed by atoms with Crippen LogP contribution in [0.1, 0.15) is 29.9 Å². The molecule has 0 radical (unpaired) electrons. The topological polar surface area (TPSA) is 80.5 Å². The Hall–Kier alpha value is -1.34. The Bertz CT molecular complexity index is 487. The number of ether oxygens (including phenoxy) is 1. The summed E-state index contributed by atoms with van der Waals surface area (Å²) in [5.41, 5.74) is 6.05. The van der Waals surface area contributed by atoms with Gasteiger partial charge in [-0.15, -0.1) is 0 Å². The molecule has 3 N–H and O–H groups in total. The third-order valence-corrected chi connectivity index (χ3v) is 4.41. The molecule has 0 unspecified atom stereocenters. The standard InChI is InChI=1S/C13H22N4O2S/c1-13(2)4-6-17(8-13)11(18)9-10(14)16-12(20-9)15-5-7-19-3/h4-8,14H2,1-3H3,(H,15,16). The Morgan fingerprint density at radius 2 is 2.35 bits per heavy atom. The van der Waals surface area contributed by atoms with E-state index in [1.807, 2.05) is 4.90 Å². The number of nitrogens with one attached hydrogen (secondary N) is 1. The number of hydrogen-bond donors (Lipinski definition) is 2. The van der Waals surface area contributed by atoms with Gasteiger partial charge in [-0.1, -0.05) is 25.2 Å². The number of thiazole rings is 1. The van der Waals surface area contributed by atoms with Crippen molar-refractivity contribution in [3.05, 3.63) is 4.88 Å². The molecule has 1 aliphatic heterocycles. The quantitative estimate of drug-likeness (QED) is 0.808. The number of amides is 1. The van der Waals surface area contributed by atoms with Crippen molar-refractivity contribution in [1.29, 1.82) is 0 Å². The molecule has 6 nitrogen and oxygen atoms in total. The van der Waals surface area contributed by atoms with Crippen molar-refractivity contribution in [2.45, 2.75) is 20.3 Å². The maximum atomic E-state index is 12.5. The minimum atomic E-state index is -0.00892. The summed E-state index contributed by atoms with van der Waals surface area (Å²) in [7, 11) is 1.64. The molecule has 1 saturated heterocycles. The van der Waals surface area contributed by atoms with E-state index in [4.69, 9.17) is 10.5 Å². The normalized spacial score (nSPS) is 17.4. The van der Waals surface area contributed by atoms with Crippen LogP contribution in [-0.2, 0) is 4.74 Å². The van der Waals surface area contributed by atoms with Crippen LogP contribution in [0.15, 0.2) is 0 Å². The Balaban J connectivity index is 2.03. The van der Waals surface area contributed by atoms with Crippen LogP contribution in [0, 0.1) is 5.41 Å². The summed E-state index contributed by atoms with van der Waals surface area (Å²) in [5, 5.41) is 3.77. The van der Waals surface area contributed by atoms with Gasteiger partial charge in [-0.2, -0.15) is 0 Å². The molecule has 0 spiro atoms. The molecule has 0 saturated carbocycles. The second-order valence-corrected chi connectivity index (χ2v) is 6.79. The lowest BCUT2D eigenvalue weighted by Crippen LogP contribution is -2.30. The smallest absolute Gasteiger partial charge is 0.267 e. The molecule has 0 atom stereocenters. The number of rotatable bonds is 5. The first-order chi connectivity index (χ1) is 9.43. The van der Waals surface area contributed by atoms with Gasteiger partial charge < -0.3 is 20.7 Å². The van der Waals surface area contributed by atoms with Crippen molar-refractivity contribution in [3.8, 4) is 0 Å². The fourth-order valence-electron chi connectivity index (χ4n) is 2.25. The highest BCUT2D eigenvalue weighted by Crippen LogP contribution is 2.32. The summed E-state index contributed by atoms with van der Waals surface area (Å²) in [6.07, 6.45) is 1.02. The van der Waals surface area contributed by atoms with Crippen LogP contribution in [0.3, 0.4) is 0 Å². The number of methoxy groups -OCH3 is 1. The molecule has 0 aliphatic carbocycles. The molecule has 1 fully saturated rings. The molecule has 2 rings (SSSR count). The Morgan fingerprint density at radius 3 is 2.95 bits per heavy atom. The van der Waals surface area contributed by atoms with Gasteiger partial charge in [0.25, 0.3) is 5.91 Å². The van der Waals surface area contributed by atoms with E-state index >= 15 is 0 Å². The van der Waals surface area contributed by atoms with Crippen LogP contribution in [0.5, 0.6) is 0 Å². The van der Waals surface area contributed by atoms with Gasteiger partial charge in [0.05, 0.1) is 6.61 Å². The van der Waals surface area contributed by atoms with Gasteiger partial charge >= 0.3 is 0 Å². The molecule has 1 aliphatic rings. The van der Waals surface area contributed by atoms with Crippen LogP contribution < -0.4 is 11.1 Å². The zero-order valence-corrected chi connectivity index (χ0v) is 13.0. The van der Waals surface area contributed by atoms with E-state index in [1.165, 1.54) is 11.3 Å². The van der Waals surface area contributed by atoms with Crippen molar-refractivity contribution in [1.82, 2.24) is 9.88 Å². The minimum Gasteiger partial charge on any atom is -0.383 e. The summed E-state index contributed by atoms with van der Waals surface area (Å²) in [5.74, 6) is 0.301. The third kappa shape index (κ3) is 3.40. The molecule has 2 heterocycles. The molecule has 1 amide bonds. The molecule has 0 aromatic carbocycles. The molecule has 1 aromatic heterocycles. The van der Waals surface area contributed by atoms with Crippen LogP contribution in [-0.4, -0.2) is 49.1 Å². The van der Waals surface area contributed by atoms with Gasteiger partial charge in [0, 0.05) is 26.7 Å². The first-order valence-electron chi connectivity index (χ1n) is 6.71. The van der Waals surface area contributed by atoms with Crippen molar-refractivity contribution in [2.24, 2.45) is 5.41 Å². The number of anilines is 2. The molecule has 1 aromatic rings. The predicted octanol–water partition coefficient (Wildman–Crippen LogP) is 1.66. The zero-order chi connectivity index (χ0) is 14.8. The predicted molar refractivity (Wildman–Crippen MR) is 81.2 cm³/mol. The Labute approximate surface area is 123 Å². The molecular formula is C13H22N4O2S. The van der Waals surface area contributed by atoms with E-state index < -0.39 is 0 Å². The lowest BCUT2D eigenvalue weighted by atomic mass is 9.93. The van der Waals surface area contributed by atoms with Crippen molar-refractivity contribution in [3.63, 3.8) is 0 Å². The van der Waals surface area contributed by atoms with Gasteiger partial charge in [0.2, 0.25) is 0 Å². The van der Waals surface area contributed by atoms with Crippen LogP contribution in [0.25, 0.3) is 0 Å². The highest BCUT2D eigenvalue weighted by atomic mass is 32.1. The second-order valence-electron chi connectivity index (χ2n) is 5.79. The Kier molecular flexibility index (Phi) is 4.49. The number of aromatic nitrogens is 1. The maximum absolute atomic E-state index is 12.5. The number of nitrogen functional groups attached to an aromatic ring is 1. The molecular weight excluding hydrogens is 276 g/mol. The van der Waals surface area contributed by atoms with Crippen molar-refractivity contribution < 1.29 is 9.53 Å². The number of nitrogens with two attached hydrogens (primary N) is 1. The van der Waals surface area contributed by atoms with E-state index in [0.717, 1.165) is 19.5 Å². The molecule has 7 heteroatoms. The van der Waals surface area contributed by atoms with E-state index in [-0.39, 0.29) is 11.3 Å². The van der Waals surface area contributed by atoms with E-state index in [0.29, 0.717) is 29.0 Å². The average molecular weight is 298 g/mol. The van der Waals surface area contributed by atoms with Gasteiger partial charge in [-0.3, -0.25) is 4.79 Å². The largest absolute Gasteiger partial charge is 0.383 e. The van der Waals surface area contributed by atoms with E-state index in [9.17, 15) is 4.79 Å². The molecule has 20 heavy (non-hydrogen) atoms. The molecule has 112 valence electrons. The maximum Gasteiger partial charge on any atom is 0.267 e. The van der Waals surface area contributed by atoms with Crippen molar-refractivity contribution >= 4 is 28.2 Å². The number of likely N-dealkylation sites (tertiary alicyclic amines) is 1. The number of carbonyl (C=O) groups excluding carboxylic acids is 1. The van der Waals surface area contributed by atoms with Crippen LogP contribution in [0.2, 0.25) is 0 Å². The highest BCUT2D eigenvalue weighted by Gasteiger charge is 2.34. The fraction of sp³-hybridized carbons (Fsp3) is 0.692. The number of nitrogens with zero attached hydrogens (tertiary/aromatic N) is 2. The van der Waals surface area contributed by atoms with E-state index in [1.54, 1.807) is 7.11 Å². The summed E-state index contributed by atoms with van der Waals surface area (Å²) in [6.45, 7) is 7.14. The van der Waals surface area contributed by atoms with Crippen molar-refractivity contribution in [2.75, 3.05) is 44.4 Å². The third-order valence-electron chi connectivity index (χ3n) is 3.39. The fourth-order valence-corrected chi connectivity index (χ4v) is 3.13. The Morgan fingerprint density at radius 1 is 1.60 bits per heavy atom. The van der Waals surface area contributed by atoms with Gasteiger partial charge in [0.15, 0.2) is 5.13 Å². The van der Waals surface area contributed by atoms with Gasteiger partial charge in [-0.25, -0.2) is 4.98 Å². The lowest BCUT2D eigenvalue weighted by Gasteiger charge is -2.19. The average Bonchev–Trinajstić information content (AvgIpc) is 2.92. The minimum absolute atomic E-state index is 0.00892. The van der Waals surface area contributed by atoms with Crippen LogP contribution >= 0.6 is 11.3 Å².